The van der Waals surface area contributed by atoms with Crippen LogP contribution in [0, 0.1) is 0 Å². The predicted octanol–water partition coefficient (Wildman–Crippen LogP) is 3.90. The van der Waals surface area contributed by atoms with Gasteiger partial charge in [-0.25, -0.2) is 0 Å². The van der Waals surface area contributed by atoms with Crippen molar-refractivity contribution >= 4 is 0 Å². The first-order chi connectivity index (χ1) is 12.5. The van der Waals surface area contributed by atoms with Crippen LogP contribution in [0.25, 0.3) is 0 Å². The first-order valence-corrected chi connectivity index (χ1v) is 10.8. The Balaban J connectivity index is 1.37. The van der Waals surface area contributed by atoms with Gasteiger partial charge in [0.05, 0.1) is 0 Å². The number of hydrogen-bond acceptors (Lipinski definition) is 3. The van der Waals surface area contributed by atoms with Gasteiger partial charge in [0.25, 0.3) is 0 Å². The zero-order chi connectivity index (χ0) is 18.1. The maximum Gasteiger partial charge on any atom is 0.0240 e. The number of piperidine rings is 1. The molecule has 144 valence electrons. The van der Waals surface area contributed by atoms with E-state index in [1.807, 2.05) is 0 Å². The normalized spacial score (nSPS) is 26.2. The van der Waals surface area contributed by atoms with Crippen molar-refractivity contribution in [3.8, 4) is 0 Å². The molecule has 0 aromatic heterocycles. The van der Waals surface area contributed by atoms with Crippen molar-refractivity contribution in [3.05, 3.63) is 34.9 Å². The lowest BCUT2D eigenvalue weighted by Gasteiger charge is -2.36. The Kier molecular flexibility index (Phi) is 5.41. The Hall–Kier alpha value is -0.900. The SMILES string of the molecule is CC(C)(C)N1CCC(N2CCc3cc(CN4CCCCC4)ccc3C2)C1. The van der Waals surface area contributed by atoms with Gasteiger partial charge in [0, 0.05) is 44.3 Å². The molecule has 4 rings (SSSR count). The minimum Gasteiger partial charge on any atom is -0.299 e. The van der Waals surface area contributed by atoms with Gasteiger partial charge in [-0.3, -0.25) is 14.7 Å². The molecule has 3 nitrogen and oxygen atoms in total. The molecule has 0 radical (unpaired) electrons. The van der Waals surface area contributed by atoms with Gasteiger partial charge in [0.15, 0.2) is 0 Å². The molecule has 0 saturated carbocycles. The summed E-state index contributed by atoms with van der Waals surface area (Å²) < 4.78 is 0. The van der Waals surface area contributed by atoms with Gasteiger partial charge in [0.2, 0.25) is 0 Å². The van der Waals surface area contributed by atoms with Crippen LogP contribution < -0.4 is 0 Å². The largest absolute Gasteiger partial charge is 0.299 e. The van der Waals surface area contributed by atoms with Crippen LogP contribution >= 0.6 is 0 Å². The average molecular weight is 356 g/mol. The fourth-order valence-electron chi connectivity index (χ4n) is 5.06. The molecule has 2 fully saturated rings. The standard InChI is InChI=1S/C23H37N3/c1-23(2,3)26-14-10-22(18-26)25-13-9-20-15-19(7-8-21(20)17-25)16-24-11-5-4-6-12-24/h7-8,15,22H,4-6,9-14,16-18H2,1-3H3. The molecule has 3 aliphatic rings. The molecular weight excluding hydrogens is 318 g/mol. The number of fused-ring (bicyclic) bond motifs is 1. The van der Waals surface area contributed by atoms with Crippen LogP contribution in [0.5, 0.6) is 0 Å². The Morgan fingerprint density at radius 2 is 1.77 bits per heavy atom. The first-order valence-electron chi connectivity index (χ1n) is 10.8. The molecule has 2 saturated heterocycles. The predicted molar refractivity (Wildman–Crippen MR) is 109 cm³/mol. The van der Waals surface area contributed by atoms with Crippen LogP contribution in [-0.2, 0) is 19.5 Å². The van der Waals surface area contributed by atoms with E-state index in [1.54, 1.807) is 11.1 Å². The van der Waals surface area contributed by atoms with E-state index in [-0.39, 0.29) is 0 Å². The van der Waals surface area contributed by atoms with Crippen molar-refractivity contribution in [2.45, 2.75) is 77.5 Å². The lowest BCUT2D eigenvalue weighted by atomic mass is 9.95. The second-order valence-corrected chi connectivity index (χ2v) is 9.72. The van der Waals surface area contributed by atoms with E-state index in [0.29, 0.717) is 5.54 Å². The average Bonchev–Trinajstić information content (AvgIpc) is 3.13. The summed E-state index contributed by atoms with van der Waals surface area (Å²) in [4.78, 5) is 8.05. The minimum absolute atomic E-state index is 0.311. The summed E-state index contributed by atoms with van der Waals surface area (Å²) in [5, 5.41) is 0. The summed E-state index contributed by atoms with van der Waals surface area (Å²) in [6, 6.07) is 8.08. The van der Waals surface area contributed by atoms with E-state index in [0.717, 1.165) is 19.1 Å². The van der Waals surface area contributed by atoms with Crippen LogP contribution in [0.3, 0.4) is 0 Å². The highest BCUT2D eigenvalue weighted by molar-refractivity contribution is 5.34. The molecule has 0 bridgehead atoms. The summed E-state index contributed by atoms with van der Waals surface area (Å²) in [5.41, 5.74) is 5.03. The third kappa shape index (κ3) is 4.16. The maximum atomic E-state index is 2.75. The summed E-state index contributed by atoms with van der Waals surface area (Å²) in [7, 11) is 0. The van der Waals surface area contributed by atoms with Gasteiger partial charge >= 0.3 is 0 Å². The van der Waals surface area contributed by atoms with Gasteiger partial charge in [-0.1, -0.05) is 24.6 Å². The Labute approximate surface area is 160 Å². The third-order valence-corrected chi connectivity index (χ3v) is 6.80. The molecule has 26 heavy (non-hydrogen) atoms. The van der Waals surface area contributed by atoms with Crippen LogP contribution in [0.15, 0.2) is 18.2 Å². The van der Waals surface area contributed by atoms with E-state index in [4.69, 9.17) is 0 Å². The van der Waals surface area contributed by atoms with E-state index in [1.165, 1.54) is 70.4 Å². The lowest BCUT2D eigenvalue weighted by molar-refractivity contribution is 0.136. The quantitative estimate of drug-likeness (QED) is 0.814. The van der Waals surface area contributed by atoms with Gasteiger partial charge in [-0.15, -0.1) is 0 Å². The highest BCUT2D eigenvalue weighted by atomic mass is 15.3. The highest BCUT2D eigenvalue weighted by Gasteiger charge is 2.34. The summed E-state index contributed by atoms with van der Waals surface area (Å²) >= 11 is 0. The molecule has 1 atom stereocenters. The number of rotatable bonds is 3. The monoisotopic (exact) mass is 355 g/mol. The van der Waals surface area contributed by atoms with Gasteiger partial charge < -0.3 is 0 Å². The molecule has 0 spiro atoms. The molecule has 1 aromatic rings. The minimum atomic E-state index is 0.311. The molecule has 0 amide bonds. The number of nitrogens with zero attached hydrogens (tertiary/aromatic N) is 3. The van der Waals surface area contributed by atoms with E-state index in [2.05, 4.69) is 53.7 Å². The van der Waals surface area contributed by atoms with Crippen LogP contribution in [0.4, 0.5) is 0 Å². The molecule has 1 aromatic carbocycles. The number of hydrogen-bond donors (Lipinski definition) is 0. The van der Waals surface area contributed by atoms with Crippen LogP contribution in [0.2, 0.25) is 0 Å². The van der Waals surface area contributed by atoms with Gasteiger partial charge in [-0.05, 0) is 76.2 Å². The number of benzene rings is 1. The first kappa shape index (κ1) is 18.5. The molecular formula is C23H37N3. The number of likely N-dealkylation sites (tertiary alicyclic amines) is 2. The molecule has 1 unspecified atom stereocenters. The van der Waals surface area contributed by atoms with E-state index >= 15 is 0 Å². The maximum absolute atomic E-state index is 2.75. The second kappa shape index (κ2) is 7.61. The highest BCUT2D eigenvalue weighted by Crippen LogP contribution is 2.28. The summed E-state index contributed by atoms with van der Waals surface area (Å²) in [5.74, 6) is 0. The molecule has 0 N–H and O–H groups in total. The Morgan fingerprint density at radius 1 is 0.962 bits per heavy atom. The zero-order valence-corrected chi connectivity index (χ0v) is 17.1. The van der Waals surface area contributed by atoms with E-state index < -0.39 is 0 Å². The smallest absolute Gasteiger partial charge is 0.0240 e. The summed E-state index contributed by atoms with van der Waals surface area (Å²) in [6.45, 7) is 15.7. The third-order valence-electron chi connectivity index (χ3n) is 6.80. The van der Waals surface area contributed by atoms with Crippen molar-refractivity contribution in [1.29, 1.82) is 0 Å². The van der Waals surface area contributed by atoms with Crippen LogP contribution in [0.1, 0.15) is 63.1 Å². The Morgan fingerprint density at radius 3 is 2.50 bits per heavy atom. The lowest BCUT2D eigenvalue weighted by Crippen LogP contribution is -2.44. The fraction of sp³-hybridized carbons (Fsp3) is 0.739. The zero-order valence-electron chi connectivity index (χ0n) is 17.1. The van der Waals surface area contributed by atoms with Crippen molar-refractivity contribution in [3.63, 3.8) is 0 Å². The molecule has 3 heteroatoms. The molecule has 3 aliphatic heterocycles. The van der Waals surface area contributed by atoms with Crippen LogP contribution in [-0.4, -0.2) is 59.0 Å². The Bertz CT molecular complexity index is 612. The van der Waals surface area contributed by atoms with Gasteiger partial charge in [-0.2, -0.15) is 0 Å². The summed E-state index contributed by atoms with van der Waals surface area (Å²) in [6.07, 6.45) is 6.75. The van der Waals surface area contributed by atoms with Crippen molar-refractivity contribution in [2.75, 3.05) is 32.7 Å². The molecule has 3 heterocycles. The topological polar surface area (TPSA) is 9.72 Å². The van der Waals surface area contributed by atoms with Crippen molar-refractivity contribution in [1.82, 2.24) is 14.7 Å². The molecule has 0 aliphatic carbocycles. The van der Waals surface area contributed by atoms with Crippen molar-refractivity contribution < 1.29 is 0 Å². The van der Waals surface area contributed by atoms with Crippen molar-refractivity contribution in [2.24, 2.45) is 0 Å². The second-order valence-electron chi connectivity index (χ2n) is 9.72. The fourth-order valence-corrected chi connectivity index (χ4v) is 5.06. The van der Waals surface area contributed by atoms with Gasteiger partial charge in [0.1, 0.15) is 0 Å². The van der Waals surface area contributed by atoms with E-state index in [9.17, 15) is 0 Å².